The van der Waals surface area contributed by atoms with Gasteiger partial charge in [0.25, 0.3) is 0 Å². The van der Waals surface area contributed by atoms with Crippen molar-refractivity contribution in [1.29, 1.82) is 0 Å². The lowest BCUT2D eigenvalue weighted by molar-refractivity contribution is -0.221. The number of likely N-dealkylation sites (tertiary alicyclic amines) is 1. The van der Waals surface area contributed by atoms with Gasteiger partial charge in [-0.3, -0.25) is 9.59 Å². The van der Waals surface area contributed by atoms with Crippen molar-refractivity contribution in [1.82, 2.24) is 10.2 Å². The van der Waals surface area contributed by atoms with Crippen molar-refractivity contribution in [2.24, 2.45) is 56.7 Å². The molecule has 0 aromatic rings. The smallest absolute Gasteiger partial charge is 0.312 e. The Bertz CT molecular complexity index is 1470. The Balaban J connectivity index is 1.13. The molecule has 4 saturated carbocycles. The molecular weight excluding hydrogens is 623 g/mol. The van der Waals surface area contributed by atoms with Crippen molar-refractivity contribution in [3.05, 3.63) is 35.5 Å². The number of carboxylic acid groups (broad SMARTS) is 1. The molecule has 1 heterocycles. The molecule has 278 valence electrons. The van der Waals surface area contributed by atoms with Crippen LogP contribution in [-0.2, 0) is 9.59 Å². The molecule has 5 nitrogen and oxygen atoms in total. The quantitative estimate of drug-likeness (QED) is 0.187. The van der Waals surface area contributed by atoms with Gasteiger partial charge in [-0.15, -0.1) is 0 Å². The number of rotatable bonds is 9. The molecule has 0 bridgehead atoms. The summed E-state index contributed by atoms with van der Waals surface area (Å²) in [7, 11) is 0. The Morgan fingerprint density at radius 3 is 2.38 bits per heavy atom. The molecule has 5 fully saturated rings. The minimum Gasteiger partial charge on any atom is -0.481 e. The number of halogens is 1. The normalized spacial score (nSPS) is 45.1. The molecule has 6 heteroatoms. The number of hydrogen-bond acceptors (Lipinski definition) is 3. The van der Waals surface area contributed by atoms with Crippen LogP contribution in [0.4, 0.5) is 4.39 Å². The third kappa shape index (κ3) is 5.20. The predicted molar refractivity (Wildman–Crippen MR) is 199 cm³/mol. The average molecular weight is 691 g/mol. The molecule has 2 N–H and O–H groups in total. The fourth-order valence-corrected chi connectivity index (χ4v) is 14.7. The highest BCUT2D eigenvalue weighted by Crippen LogP contribution is 2.76. The van der Waals surface area contributed by atoms with Gasteiger partial charge in [-0.05, 0) is 166 Å². The number of alkyl halides is 1. The van der Waals surface area contributed by atoms with E-state index in [2.05, 4.69) is 70.5 Å². The Labute approximate surface area is 302 Å². The summed E-state index contributed by atoms with van der Waals surface area (Å²) in [4.78, 5) is 26.3. The topological polar surface area (TPSA) is 69.6 Å². The van der Waals surface area contributed by atoms with Gasteiger partial charge in [0.2, 0.25) is 5.91 Å². The summed E-state index contributed by atoms with van der Waals surface area (Å²) in [5.41, 5.74) is 3.79. The molecule has 0 spiro atoms. The molecule has 7 rings (SSSR count). The molecule has 50 heavy (non-hydrogen) atoms. The van der Waals surface area contributed by atoms with E-state index in [1.54, 1.807) is 0 Å². The predicted octanol–water partition coefficient (Wildman–Crippen LogP) is 9.69. The van der Waals surface area contributed by atoms with Crippen molar-refractivity contribution in [2.45, 2.75) is 143 Å². The average Bonchev–Trinajstić information content (AvgIpc) is 3.66. The number of carbonyl (C=O) groups excluding carboxylic acids is 1. The van der Waals surface area contributed by atoms with Crippen LogP contribution in [-0.4, -0.2) is 53.7 Å². The Hall–Kier alpha value is -1.95. The molecule has 3 unspecified atom stereocenters. The first kappa shape index (κ1) is 36.4. The van der Waals surface area contributed by atoms with Gasteiger partial charge < -0.3 is 15.3 Å². The lowest BCUT2D eigenvalue weighted by Crippen LogP contribution is -2.68. The van der Waals surface area contributed by atoms with E-state index in [4.69, 9.17) is 0 Å². The van der Waals surface area contributed by atoms with Crippen LogP contribution >= 0.6 is 0 Å². The first-order valence-electron chi connectivity index (χ1n) is 20.5. The lowest BCUT2D eigenvalue weighted by Gasteiger charge is -2.72. The van der Waals surface area contributed by atoms with E-state index in [0.717, 1.165) is 45.3 Å². The van der Waals surface area contributed by atoms with Crippen LogP contribution in [0.1, 0.15) is 138 Å². The highest BCUT2D eigenvalue weighted by Gasteiger charge is 2.70. The highest BCUT2D eigenvalue weighted by molar-refractivity contribution is 5.78. The summed E-state index contributed by atoms with van der Waals surface area (Å²) in [6.45, 7) is 21.9. The molecule has 6 aliphatic carbocycles. The summed E-state index contributed by atoms with van der Waals surface area (Å²) in [6.07, 6.45) is 20.0. The number of hydrogen-bond donors (Lipinski definition) is 2. The Kier molecular flexibility index (Phi) is 9.16. The van der Waals surface area contributed by atoms with Crippen molar-refractivity contribution in [3.63, 3.8) is 0 Å². The van der Waals surface area contributed by atoms with Crippen LogP contribution in [0.3, 0.4) is 0 Å². The number of allylic oxidation sites excluding steroid dienone is 5. The zero-order valence-corrected chi connectivity index (χ0v) is 32.3. The van der Waals surface area contributed by atoms with E-state index in [9.17, 15) is 19.1 Å². The molecule has 1 aliphatic heterocycles. The van der Waals surface area contributed by atoms with Crippen LogP contribution in [0.15, 0.2) is 35.5 Å². The van der Waals surface area contributed by atoms with E-state index >= 15 is 0 Å². The van der Waals surface area contributed by atoms with Crippen molar-refractivity contribution in [3.8, 4) is 0 Å². The zero-order chi connectivity index (χ0) is 35.9. The molecule has 7 aliphatic rings. The second-order valence-electron chi connectivity index (χ2n) is 19.8. The first-order valence-corrected chi connectivity index (χ1v) is 20.5. The maximum atomic E-state index is 14.0. The Morgan fingerprint density at radius 1 is 0.960 bits per heavy atom. The summed E-state index contributed by atoms with van der Waals surface area (Å²) in [5, 5.41) is 14.0. The zero-order valence-electron chi connectivity index (χ0n) is 32.3. The number of nitrogens with zero attached hydrogens (tertiary/aromatic N) is 1. The van der Waals surface area contributed by atoms with Crippen LogP contribution < -0.4 is 5.32 Å². The van der Waals surface area contributed by atoms with Crippen molar-refractivity contribution < 1.29 is 19.1 Å². The van der Waals surface area contributed by atoms with Gasteiger partial charge in [-0.1, -0.05) is 58.9 Å². The molecule has 10 atom stereocenters. The fourth-order valence-electron chi connectivity index (χ4n) is 14.7. The van der Waals surface area contributed by atoms with E-state index in [1.807, 2.05) is 0 Å². The minimum absolute atomic E-state index is 0.00131. The summed E-state index contributed by atoms with van der Waals surface area (Å²) in [5.74, 6) is 2.49. The molecule has 1 amide bonds. The van der Waals surface area contributed by atoms with Gasteiger partial charge in [0.05, 0.1) is 5.41 Å². The van der Waals surface area contributed by atoms with Gasteiger partial charge in [0.1, 0.15) is 6.67 Å². The third-order valence-corrected chi connectivity index (χ3v) is 17.6. The van der Waals surface area contributed by atoms with E-state index in [-0.39, 0.29) is 27.2 Å². The largest absolute Gasteiger partial charge is 0.481 e. The van der Waals surface area contributed by atoms with E-state index < -0.39 is 18.1 Å². The maximum Gasteiger partial charge on any atom is 0.312 e. The van der Waals surface area contributed by atoms with Crippen molar-refractivity contribution >= 4 is 11.9 Å². The molecular formula is C44H67FN2O3. The molecule has 0 radical (unpaired) electrons. The molecule has 0 aromatic heterocycles. The van der Waals surface area contributed by atoms with Gasteiger partial charge in [-0.25, -0.2) is 4.39 Å². The highest BCUT2D eigenvalue weighted by atomic mass is 19.1. The lowest BCUT2D eigenvalue weighted by atomic mass is 9.33. The van der Waals surface area contributed by atoms with Gasteiger partial charge in [0, 0.05) is 25.0 Å². The van der Waals surface area contributed by atoms with Crippen molar-refractivity contribution in [2.75, 3.05) is 26.3 Å². The number of fused-ring (bicyclic) bond motifs is 7. The number of carbonyl (C=O) groups is 2. The van der Waals surface area contributed by atoms with Crippen LogP contribution in [0.5, 0.6) is 0 Å². The van der Waals surface area contributed by atoms with E-state index in [0.29, 0.717) is 54.8 Å². The van der Waals surface area contributed by atoms with Crippen LogP contribution in [0.2, 0.25) is 0 Å². The van der Waals surface area contributed by atoms with Gasteiger partial charge in [0.15, 0.2) is 0 Å². The number of amides is 1. The molecule has 0 aromatic carbocycles. The first-order chi connectivity index (χ1) is 23.6. The summed E-state index contributed by atoms with van der Waals surface area (Å²) in [6, 6.07) is 0. The second-order valence-corrected chi connectivity index (χ2v) is 19.8. The third-order valence-electron chi connectivity index (χ3n) is 17.6. The fraction of sp³-hybridized carbons (Fsp3) is 0.818. The molecule has 1 saturated heterocycles. The van der Waals surface area contributed by atoms with Gasteiger partial charge >= 0.3 is 5.97 Å². The maximum absolute atomic E-state index is 14.0. The van der Waals surface area contributed by atoms with Crippen LogP contribution in [0.25, 0.3) is 0 Å². The Morgan fingerprint density at radius 2 is 1.74 bits per heavy atom. The summed E-state index contributed by atoms with van der Waals surface area (Å²) >= 11 is 0. The second kappa shape index (κ2) is 12.6. The number of aliphatic carboxylic acids is 1. The minimum atomic E-state index is -1.25. The number of carboxylic acids is 1. The van der Waals surface area contributed by atoms with Gasteiger partial charge in [-0.2, -0.15) is 0 Å². The SMILES string of the molecule is C=C(C)[C@@H]1CC[C@]2(NCCCN3CCCC3=O)CC[C@]3(C)[C@H](CCC4[C@@]5(C)CC=C(C6=CC[C@](CF)(C(=O)O)CC6)C(C)(C)C5CC[C@]43C)C12. The summed E-state index contributed by atoms with van der Waals surface area (Å²) < 4.78 is 14.0. The van der Waals surface area contributed by atoms with Crippen LogP contribution in [0, 0.1) is 56.7 Å². The standard InChI is InChI=1S/C44H67FN2O3/c1-29(2)31-15-22-44(46-25-9-27-47-26-8-10-36(47)48)24-23-41(6)33(37(31)44)11-12-35-40(5)18-16-32(39(3,4)34(40)17-19-42(35,41)7)30-13-20-43(28-45,21-14-30)38(49)50/h13,16,31,33-35,37,46H,1,8-12,14-15,17-28H2,2-7H3,(H,49,50)/t31-,33+,34?,35?,37?,40-,41+,42+,43-,44-/m0/s1. The monoisotopic (exact) mass is 691 g/mol. The van der Waals surface area contributed by atoms with E-state index in [1.165, 1.54) is 68.1 Å². The number of nitrogens with one attached hydrogen (secondary N) is 1.